The number of rotatable bonds is 7. The van der Waals surface area contributed by atoms with Gasteiger partial charge in [0.25, 0.3) is 0 Å². The molecule has 0 aliphatic carbocycles. The van der Waals surface area contributed by atoms with E-state index in [-0.39, 0.29) is 19.1 Å². The van der Waals surface area contributed by atoms with Crippen molar-refractivity contribution < 1.29 is 19.4 Å². The van der Waals surface area contributed by atoms with Crippen LogP contribution in [0.5, 0.6) is 0 Å². The number of benzene rings is 1. The van der Waals surface area contributed by atoms with Crippen LogP contribution in [-0.2, 0) is 20.1 Å². The molecule has 1 N–H and O–H groups in total. The molecule has 5 nitrogen and oxygen atoms in total. The van der Waals surface area contributed by atoms with Gasteiger partial charge in [0.05, 0.1) is 12.4 Å². The Kier molecular flexibility index (Phi) is 6.07. The van der Waals surface area contributed by atoms with Gasteiger partial charge in [0, 0.05) is 26.0 Å². The molecule has 126 valence electrons. The molecule has 1 aromatic carbocycles. The molecule has 1 unspecified atom stereocenters. The minimum atomic E-state index is -0.953. The summed E-state index contributed by atoms with van der Waals surface area (Å²) in [7, 11) is 1.49. The van der Waals surface area contributed by atoms with Crippen LogP contribution in [0, 0.1) is 12.3 Å². The van der Waals surface area contributed by atoms with E-state index in [9.17, 15) is 14.7 Å². The Morgan fingerprint density at radius 3 is 2.87 bits per heavy atom. The lowest BCUT2D eigenvalue weighted by Crippen LogP contribution is -2.40. The fourth-order valence-electron chi connectivity index (χ4n) is 2.87. The van der Waals surface area contributed by atoms with Crippen LogP contribution in [0.25, 0.3) is 0 Å². The van der Waals surface area contributed by atoms with Crippen molar-refractivity contribution in [3.05, 3.63) is 35.4 Å². The lowest BCUT2D eigenvalue weighted by Gasteiger charge is -2.23. The summed E-state index contributed by atoms with van der Waals surface area (Å²) in [5, 5.41) is 9.42. The van der Waals surface area contributed by atoms with Crippen LogP contribution in [-0.4, -0.2) is 54.4 Å². The topological polar surface area (TPSA) is 66.8 Å². The molecule has 0 radical (unpaired) electrons. The van der Waals surface area contributed by atoms with E-state index < -0.39 is 11.4 Å². The first-order valence-corrected chi connectivity index (χ1v) is 8.76. The third-order valence-corrected chi connectivity index (χ3v) is 5.15. The molecule has 2 rings (SSSR count). The SMILES string of the molecule is COCC1(C(=O)O)CCN(C(=O)CSCc2cccc(C)c2)C1. The summed E-state index contributed by atoms with van der Waals surface area (Å²) in [4.78, 5) is 25.4. The zero-order valence-electron chi connectivity index (χ0n) is 13.6. The Bertz CT molecular complexity index is 577. The summed E-state index contributed by atoms with van der Waals surface area (Å²) in [5.74, 6) is 0.268. The lowest BCUT2D eigenvalue weighted by atomic mass is 9.88. The number of carboxylic acid groups (broad SMARTS) is 1. The van der Waals surface area contributed by atoms with Gasteiger partial charge in [-0.05, 0) is 18.9 Å². The average molecular weight is 337 g/mol. The number of thioether (sulfide) groups is 1. The van der Waals surface area contributed by atoms with E-state index in [0.717, 1.165) is 5.75 Å². The standard InChI is InChI=1S/C17H23NO4S/c1-13-4-3-5-14(8-13)9-23-10-15(19)18-7-6-17(11-18,12-22-2)16(20)21/h3-5,8H,6-7,9-12H2,1-2H3,(H,20,21). The van der Waals surface area contributed by atoms with Gasteiger partial charge >= 0.3 is 5.97 Å². The molecule has 1 heterocycles. The van der Waals surface area contributed by atoms with Crippen molar-refractivity contribution in [2.75, 3.05) is 32.6 Å². The number of nitrogens with zero attached hydrogens (tertiary/aromatic N) is 1. The highest BCUT2D eigenvalue weighted by molar-refractivity contribution is 7.99. The molecule has 1 aliphatic rings. The molecular formula is C17H23NO4S. The minimum absolute atomic E-state index is 0.00174. The fourth-order valence-corrected chi connectivity index (χ4v) is 3.74. The average Bonchev–Trinajstić information content (AvgIpc) is 2.93. The molecule has 6 heteroatoms. The van der Waals surface area contributed by atoms with Gasteiger partial charge in [-0.3, -0.25) is 9.59 Å². The molecule has 1 fully saturated rings. The number of carbonyl (C=O) groups excluding carboxylic acids is 1. The lowest BCUT2D eigenvalue weighted by molar-refractivity contribution is -0.151. The first-order valence-electron chi connectivity index (χ1n) is 7.60. The van der Waals surface area contributed by atoms with Crippen molar-refractivity contribution >= 4 is 23.6 Å². The normalized spacial score (nSPS) is 20.7. The second-order valence-electron chi connectivity index (χ2n) is 6.07. The van der Waals surface area contributed by atoms with Gasteiger partial charge in [0.2, 0.25) is 5.91 Å². The first kappa shape index (κ1) is 17.8. The summed E-state index contributed by atoms with van der Waals surface area (Å²) in [6, 6.07) is 8.22. The Hall–Kier alpha value is -1.53. The number of hydrogen-bond donors (Lipinski definition) is 1. The number of aliphatic carboxylic acids is 1. The summed E-state index contributed by atoms with van der Waals surface area (Å²) < 4.78 is 5.04. The van der Waals surface area contributed by atoms with Crippen molar-refractivity contribution in [2.45, 2.75) is 19.1 Å². The van der Waals surface area contributed by atoms with Gasteiger partial charge in [0.1, 0.15) is 5.41 Å². The summed E-state index contributed by atoms with van der Waals surface area (Å²) >= 11 is 1.56. The predicted molar refractivity (Wildman–Crippen MR) is 90.5 cm³/mol. The molecule has 1 atom stereocenters. The van der Waals surface area contributed by atoms with Crippen LogP contribution in [0.1, 0.15) is 17.5 Å². The van der Waals surface area contributed by atoms with Crippen LogP contribution in [0.2, 0.25) is 0 Å². The summed E-state index contributed by atoms with van der Waals surface area (Å²) in [5.41, 5.74) is 1.45. The fraction of sp³-hybridized carbons (Fsp3) is 0.529. The number of hydrogen-bond acceptors (Lipinski definition) is 4. The molecular weight excluding hydrogens is 314 g/mol. The van der Waals surface area contributed by atoms with Gasteiger partial charge in [-0.2, -0.15) is 0 Å². The van der Waals surface area contributed by atoms with E-state index >= 15 is 0 Å². The maximum atomic E-state index is 12.3. The van der Waals surface area contributed by atoms with E-state index in [0.29, 0.717) is 18.7 Å². The number of methoxy groups -OCH3 is 1. The highest BCUT2D eigenvalue weighted by atomic mass is 32.2. The van der Waals surface area contributed by atoms with E-state index in [1.54, 1.807) is 16.7 Å². The van der Waals surface area contributed by atoms with E-state index in [2.05, 4.69) is 6.07 Å². The molecule has 0 aromatic heterocycles. The van der Waals surface area contributed by atoms with Gasteiger partial charge in [-0.1, -0.05) is 29.8 Å². The number of amides is 1. The van der Waals surface area contributed by atoms with Crippen LogP contribution < -0.4 is 0 Å². The maximum Gasteiger partial charge on any atom is 0.313 e. The number of carboxylic acids is 1. The second-order valence-corrected chi connectivity index (χ2v) is 7.05. The molecule has 0 saturated carbocycles. The molecule has 1 aliphatic heterocycles. The van der Waals surface area contributed by atoms with Crippen molar-refractivity contribution in [3.63, 3.8) is 0 Å². The Balaban J connectivity index is 1.84. The quantitative estimate of drug-likeness (QED) is 0.826. The molecule has 1 aromatic rings. The molecule has 0 spiro atoms. The van der Waals surface area contributed by atoms with Gasteiger partial charge in [-0.25, -0.2) is 0 Å². The van der Waals surface area contributed by atoms with Gasteiger partial charge in [-0.15, -0.1) is 11.8 Å². The third-order valence-electron chi connectivity index (χ3n) is 4.16. The van der Waals surface area contributed by atoms with Crippen LogP contribution >= 0.6 is 11.8 Å². The number of ether oxygens (including phenoxy) is 1. The van der Waals surface area contributed by atoms with Crippen molar-refractivity contribution in [3.8, 4) is 0 Å². The monoisotopic (exact) mass is 337 g/mol. The minimum Gasteiger partial charge on any atom is -0.481 e. The zero-order chi connectivity index (χ0) is 16.9. The molecule has 0 bridgehead atoms. The Labute approximate surface area is 141 Å². The highest BCUT2D eigenvalue weighted by Crippen LogP contribution is 2.31. The summed E-state index contributed by atoms with van der Waals surface area (Å²) in [6.45, 7) is 2.91. The largest absolute Gasteiger partial charge is 0.481 e. The van der Waals surface area contributed by atoms with E-state index in [1.165, 1.54) is 18.2 Å². The Morgan fingerprint density at radius 2 is 2.22 bits per heavy atom. The Morgan fingerprint density at radius 1 is 1.43 bits per heavy atom. The first-order chi connectivity index (χ1) is 11.0. The van der Waals surface area contributed by atoms with Crippen molar-refractivity contribution in [1.82, 2.24) is 4.90 Å². The number of aryl methyl sites for hydroxylation is 1. The maximum absolute atomic E-state index is 12.3. The third kappa shape index (κ3) is 4.48. The number of likely N-dealkylation sites (tertiary alicyclic amines) is 1. The molecule has 23 heavy (non-hydrogen) atoms. The van der Waals surface area contributed by atoms with Crippen LogP contribution in [0.4, 0.5) is 0 Å². The van der Waals surface area contributed by atoms with Gasteiger partial charge in [0.15, 0.2) is 0 Å². The number of carbonyl (C=O) groups is 2. The van der Waals surface area contributed by atoms with Crippen LogP contribution in [0.3, 0.4) is 0 Å². The van der Waals surface area contributed by atoms with E-state index in [1.807, 2.05) is 25.1 Å². The van der Waals surface area contributed by atoms with Crippen molar-refractivity contribution in [2.24, 2.45) is 5.41 Å². The predicted octanol–water partition coefficient (Wildman–Crippen LogP) is 2.18. The van der Waals surface area contributed by atoms with E-state index in [4.69, 9.17) is 4.74 Å². The molecule has 1 amide bonds. The van der Waals surface area contributed by atoms with Gasteiger partial charge < -0.3 is 14.7 Å². The second kappa shape index (κ2) is 7.84. The molecule has 1 saturated heterocycles. The summed E-state index contributed by atoms with van der Waals surface area (Å²) in [6.07, 6.45) is 0.449. The van der Waals surface area contributed by atoms with Crippen molar-refractivity contribution in [1.29, 1.82) is 0 Å². The smallest absolute Gasteiger partial charge is 0.313 e. The van der Waals surface area contributed by atoms with Crippen LogP contribution in [0.15, 0.2) is 24.3 Å². The highest BCUT2D eigenvalue weighted by Gasteiger charge is 2.46. The zero-order valence-corrected chi connectivity index (χ0v) is 14.4.